The highest BCUT2D eigenvalue weighted by molar-refractivity contribution is 6.05. The van der Waals surface area contributed by atoms with E-state index in [0.29, 0.717) is 12.1 Å². The van der Waals surface area contributed by atoms with Gasteiger partial charge in [0, 0.05) is 12.7 Å². The molecule has 7 nitrogen and oxygen atoms in total. The normalized spacial score (nSPS) is 20.6. The maximum atomic E-state index is 12.6. The topological polar surface area (TPSA) is 97.0 Å². The van der Waals surface area contributed by atoms with Crippen LogP contribution in [0.5, 0.6) is 0 Å². The lowest BCUT2D eigenvalue weighted by Gasteiger charge is -2.37. The molecule has 0 aliphatic carbocycles. The lowest BCUT2D eigenvalue weighted by Crippen LogP contribution is -2.52. The smallest absolute Gasteiger partial charge is 0.414 e. The first-order valence-corrected chi connectivity index (χ1v) is 8.79. The van der Waals surface area contributed by atoms with E-state index in [1.54, 1.807) is 33.9 Å². The highest BCUT2D eigenvalue weighted by Gasteiger charge is 2.40. The molecule has 1 atom stereocenters. The second-order valence-electron chi connectivity index (χ2n) is 7.60. The molecule has 26 heavy (non-hydrogen) atoms. The Morgan fingerprint density at radius 3 is 2.69 bits per heavy atom. The summed E-state index contributed by atoms with van der Waals surface area (Å²) in [7, 11) is 1.59. The number of rotatable bonds is 3. The summed E-state index contributed by atoms with van der Waals surface area (Å²) in [6.07, 6.45) is 1.07. The predicted molar refractivity (Wildman–Crippen MR) is 102 cm³/mol. The summed E-state index contributed by atoms with van der Waals surface area (Å²) in [6.45, 7) is 7.36. The van der Waals surface area contributed by atoms with Crippen molar-refractivity contribution in [2.75, 3.05) is 12.8 Å². The number of benzene rings is 1. The van der Waals surface area contributed by atoms with Crippen LogP contribution in [0.4, 0.5) is 10.5 Å². The van der Waals surface area contributed by atoms with Crippen molar-refractivity contribution in [1.82, 2.24) is 10.2 Å². The van der Waals surface area contributed by atoms with Crippen LogP contribution in [-0.2, 0) is 15.1 Å². The minimum atomic E-state index is -0.752. The maximum Gasteiger partial charge on any atom is 0.414 e. The van der Waals surface area contributed by atoms with Crippen LogP contribution in [-0.4, -0.2) is 35.5 Å². The Morgan fingerprint density at radius 1 is 1.42 bits per heavy atom. The van der Waals surface area contributed by atoms with E-state index in [1.165, 1.54) is 4.90 Å². The molecule has 3 N–H and O–H groups in total. The predicted octanol–water partition coefficient (Wildman–Crippen LogP) is 3.01. The van der Waals surface area contributed by atoms with Crippen LogP contribution in [0, 0.1) is 0 Å². The van der Waals surface area contributed by atoms with E-state index in [0.717, 1.165) is 12.0 Å². The SMILES string of the molecule is CCC[C@@]1(c2cccc(N)c2)CC(=O)N(C)C(NC(=O)OC(C)(C)C)=N1. The summed E-state index contributed by atoms with van der Waals surface area (Å²) in [5, 5.41) is 2.62. The average Bonchev–Trinajstić information content (AvgIpc) is 2.50. The van der Waals surface area contributed by atoms with Crippen LogP contribution >= 0.6 is 0 Å². The Balaban J connectivity index is 2.43. The van der Waals surface area contributed by atoms with E-state index in [2.05, 4.69) is 5.32 Å². The molecular weight excluding hydrogens is 332 g/mol. The lowest BCUT2D eigenvalue weighted by atomic mass is 9.81. The highest BCUT2D eigenvalue weighted by atomic mass is 16.6. The molecule has 1 aromatic carbocycles. The van der Waals surface area contributed by atoms with Crippen LogP contribution in [0.2, 0.25) is 0 Å². The zero-order valence-corrected chi connectivity index (χ0v) is 16.1. The quantitative estimate of drug-likeness (QED) is 0.810. The number of hydrogen-bond donors (Lipinski definition) is 2. The van der Waals surface area contributed by atoms with Crippen molar-refractivity contribution < 1.29 is 14.3 Å². The van der Waals surface area contributed by atoms with Gasteiger partial charge in [-0.3, -0.25) is 15.0 Å². The van der Waals surface area contributed by atoms with Crippen LogP contribution in [0.3, 0.4) is 0 Å². The molecule has 142 valence electrons. The van der Waals surface area contributed by atoms with Crippen LogP contribution < -0.4 is 11.1 Å². The van der Waals surface area contributed by atoms with Crippen molar-refractivity contribution in [2.45, 2.75) is 58.1 Å². The lowest BCUT2D eigenvalue weighted by molar-refractivity contribution is -0.128. The molecule has 0 radical (unpaired) electrons. The third kappa shape index (κ3) is 4.53. The molecule has 1 aliphatic heterocycles. The fraction of sp³-hybridized carbons (Fsp3) is 0.526. The third-order valence-corrected chi connectivity index (χ3v) is 4.16. The van der Waals surface area contributed by atoms with Crippen molar-refractivity contribution in [1.29, 1.82) is 0 Å². The number of nitrogens with one attached hydrogen (secondary N) is 1. The summed E-state index contributed by atoms with van der Waals surface area (Å²) >= 11 is 0. The third-order valence-electron chi connectivity index (χ3n) is 4.16. The number of alkyl carbamates (subject to hydrolysis) is 1. The van der Waals surface area contributed by atoms with Gasteiger partial charge in [0.1, 0.15) is 5.60 Å². The number of amides is 2. The number of guanidine groups is 1. The molecule has 0 fully saturated rings. The Hall–Kier alpha value is -2.57. The molecule has 2 rings (SSSR count). The first kappa shape index (κ1) is 19.8. The van der Waals surface area contributed by atoms with Crippen molar-refractivity contribution in [3.8, 4) is 0 Å². The largest absolute Gasteiger partial charge is 0.444 e. The Labute approximate surface area is 154 Å². The molecule has 0 bridgehead atoms. The summed E-state index contributed by atoms with van der Waals surface area (Å²) in [6, 6.07) is 7.40. The number of ether oxygens (including phenoxy) is 1. The minimum absolute atomic E-state index is 0.123. The number of nitrogen functional groups attached to an aromatic ring is 1. The van der Waals surface area contributed by atoms with Crippen LogP contribution in [0.1, 0.15) is 52.5 Å². The number of hydrogen-bond acceptors (Lipinski definition) is 5. The first-order valence-electron chi connectivity index (χ1n) is 8.79. The molecule has 1 heterocycles. The van der Waals surface area contributed by atoms with Gasteiger partial charge >= 0.3 is 6.09 Å². The van der Waals surface area contributed by atoms with E-state index < -0.39 is 17.2 Å². The number of nitrogens with two attached hydrogens (primary N) is 1. The van der Waals surface area contributed by atoms with Crippen LogP contribution in [0.15, 0.2) is 29.3 Å². The number of aliphatic imine (C=N–C) groups is 1. The molecule has 1 aliphatic rings. The summed E-state index contributed by atoms with van der Waals surface area (Å²) < 4.78 is 5.29. The first-order chi connectivity index (χ1) is 12.1. The van der Waals surface area contributed by atoms with Gasteiger partial charge < -0.3 is 10.5 Å². The van der Waals surface area contributed by atoms with E-state index in [-0.39, 0.29) is 18.3 Å². The Morgan fingerprint density at radius 2 is 2.12 bits per heavy atom. The molecular formula is C19H28N4O3. The molecule has 7 heteroatoms. The monoisotopic (exact) mass is 360 g/mol. The molecule has 2 amide bonds. The zero-order chi connectivity index (χ0) is 19.5. The van der Waals surface area contributed by atoms with Gasteiger partial charge in [-0.05, 0) is 44.9 Å². The van der Waals surface area contributed by atoms with E-state index in [9.17, 15) is 9.59 Å². The molecule has 1 aromatic rings. The van der Waals surface area contributed by atoms with Crippen molar-refractivity contribution >= 4 is 23.6 Å². The number of carbonyl (C=O) groups excluding carboxylic acids is 2. The van der Waals surface area contributed by atoms with E-state index in [4.69, 9.17) is 15.5 Å². The molecule has 0 saturated heterocycles. The van der Waals surface area contributed by atoms with Gasteiger partial charge in [-0.15, -0.1) is 0 Å². The number of carbonyl (C=O) groups is 2. The van der Waals surface area contributed by atoms with E-state index >= 15 is 0 Å². The fourth-order valence-electron chi connectivity index (χ4n) is 3.01. The fourth-order valence-corrected chi connectivity index (χ4v) is 3.01. The van der Waals surface area contributed by atoms with Gasteiger partial charge in [0.25, 0.3) is 0 Å². The second-order valence-corrected chi connectivity index (χ2v) is 7.60. The van der Waals surface area contributed by atoms with Crippen molar-refractivity contribution in [2.24, 2.45) is 4.99 Å². The minimum Gasteiger partial charge on any atom is -0.444 e. The number of nitrogens with zero attached hydrogens (tertiary/aromatic N) is 2. The van der Waals surface area contributed by atoms with Crippen molar-refractivity contribution in [3.63, 3.8) is 0 Å². The Kier molecular flexibility index (Phi) is 5.59. The van der Waals surface area contributed by atoms with Gasteiger partial charge in [-0.2, -0.15) is 0 Å². The summed E-state index contributed by atoms with van der Waals surface area (Å²) in [4.78, 5) is 30.9. The summed E-state index contributed by atoms with van der Waals surface area (Å²) in [5.74, 6) is 0.0632. The zero-order valence-electron chi connectivity index (χ0n) is 16.1. The van der Waals surface area contributed by atoms with Gasteiger partial charge in [-0.25, -0.2) is 9.79 Å². The van der Waals surface area contributed by atoms with Gasteiger partial charge in [0.15, 0.2) is 0 Å². The summed E-state index contributed by atoms with van der Waals surface area (Å²) in [5.41, 5.74) is 6.02. The van der Waals surface area contributed by atoms with Gasteiger partial charge in [0.2, 0.25) is 11.9 Å². The maximum absolute atomic E-state index is 12.6. The average molecular weight is 360 g/mol. The molecule has 0 aromatic heterocycles. The number of anilines is 1. The van der Waals surface area contributed by atoms with Gasteiger partial charge in [0.05, 0.1) is 12.0 Å². The second kappa shape index (κ2) is 7.35. The standard InChI is InChI=1S/C19H28N4O3/c1-6-10-19(13-8-7-9-14(20)11-13)12-15(24)23(5)16(22-19)21-17(25)26-18(2,3)4/h7-9,11H,6,10,12,20H2,1-5H3,(H,21,22,25)/t19-/m0/s1. The highest BCUT2D eigenvalue weighted by Crippen LogP contribution is 2.38. The molecule has 0 spiro atoms. The molecule has 0 unspecified atom stereocenters. The Bertz CT molecular complexity index is 724. The van der Waals surface area contributed by atoms with Crippen molar-refractivity contribution in [3.05, 3.63) is 29.8 Å². The van der Waals surface area contributed by atoms with Crippen LogP contribution in [0.25, 0.3) is 0 Å². The molecule has 0 saturated carbocycles. The van der Waals surface area contributed by atoms with E-state index in [1.807, 2.05) is 25.1 Å². The van der Waals surface area contributed by atoms with Gasteiger partial charge in [-0.1, -0.05) is 25.5 Å².